The molecule has 2 fully saturated rings. The van der Waals surface area contributed by atoms with Crippen LogP contribution in [0.15, 0.2) is 6.07 Å². The molecule has 2 aliphatic heterocycles. The predicted molar refractivity (Wildman–Crippen MR) is 109 cm³/mol. The number of anilines is 3. The van der Waals surface area contributed by atoms with Crippen LogP contribution in [-0.4, -0.2) is 48.3 Å². The summed E-state index contributed by atoms with van der Waals surface area (Å²) in [6, 6.07) is 2.16. The fraction of sp³-hybridized carbons (Fsp3) is 0.722. The molecule has 0 aliphatic carbocycles. The number of thiocarbonyl (C=S) groups is 1. The standard InChI is InChI=1S/C18H30N6S/c1-13-6-4-8-23(11-13)15-10-16(24-9-5-7-14(2)12-24)21-17(20-15)22-18(25)19-3/h10,13-14H,4-9,11-12H2,1-3H3,(H2,19,20,21,22,25)/t13-,14-/m1/s1. The molecule has 2 saturated heterocycles. The molecule has 1 aromatic rings. The van der Waals surface area contributed by atoms with Crippen LogP contribution in [0.3, 0.4) is 0 Å². The molecule has 0 spiro atoms. The fourth-order valence-corrected chi connectivity index (χ4v) is 3.85. The molecule has 0 saturated carbocycles. The van der Waals surface area contributed by atoms with Gasteiger partial charge in [0.25, 0.3) is 0 Å². The van der Waals surface area contributed by atoms with Crippen LogP contribution in [-0.2, 0) is 0 Å². The highest BCUT2D eigenvalue weighted by molar-refractivity contribution is 7.80. The van der Waals surface area contributed by atoms with Gasteiger partial charge in [-0.3, -0.25) is 0 Å². The summed E-state index contributed by atoms with van der Waals surface area (Å²) >= 11 is 5.24. The van der Waals surface area contributed by atoms with E-state index in [0.29, 0.717) is 22.9 Å². The van der Waals surface area contributed by atoms with Gasteiger partial charge in [0.05, 0.1) is 0 Å². The highest BCUT2D eigenvalue weighted by Crippen LogP contribution is 2.28. The van der Waals surface area contributed by atoms with Gasteiger partial charge in [0.15, 0.2) is 5.11 Å². The van der Waals surface area contributed by atoms with Crippen molar-refractivity contribution in [3.63, 3.8) is 0 Å². The number of piperidine rings is 2. The Morgan fingerprint density at radius 3 is 2.00 bits per heavy atom. The molecular formula is C18H30N6S. The second-order valence-corrected chi connectivity index (χ2v) is 7.91. The molecule has 3 heterocycles. The molecule has 6 nitrogen and oxygen atoms in total. The third-order valence-electron chi connectivity index (χ3n) is 5.11. The Morgan fingerprint density at radius 1 is 1.04 bits per heavy atom. The molecule has 7 heteroatoms. The van der Waals surface area contributed by atoms with Crippen LogP contribution in [0.5, 0.6) is 0 Å². The lowest BCUT2D eigenvalue weighted by Gasteiger charge is -2.35. The second-order valence-electron chi connectivity index (χ2n) is 7.50. The van der Waals surface area contributed by atoms with E-state index in [9.17, 15) is 0 Å². The van der Waals surface area contributed by atoms with Crippen LogP contribution in [0, 0.1) is 11.8 Å². The molecular weight excluding hydrogens is 332 g/mol. The lowest BCUT2D eigenvalue weighted by Crippen LogP contribution is -2.37. The maximum absolute atomic E-state index is 5.24. The van der Waals surface area contributed by atoms with Crippen molar-refractivity contribution in [1.29, 1.82) is 0 Å². The lowest BCUT2D eigenvalue weighted by atomic mass is 10.00. The number of rotatable bonds is 3. The van der Waals surface area contributed by atoms with E-state index in [1.54, 1.807) is 7.05 Å². The van der Waals surface area contributed by atoms with Crippen molar-refractivity contribution in [3.8, 4) is 0 Å². The van der Waals surface area contributed by atoms with Crippen LogP contribution in [0.1, 0.15) is 39.5 Å². The number of hydrogen-bond acceptors (Lipinski definition) is 5. The first-order valence-electron chi connectivity index (χ1n) is 9.43. The van der Waals surface area contributed by atoms with Crippen LogP contribution < -0.4 is 20.4 Å². The summed E-state index contributed by atoms with van der Waals surface area (Å²) in [5.74, 6) is 4.02. The van der Waals surface area contributed by atoms with E-state index in [-0.39, 0.29) is 0 Å². The first-order chi connectivity index (χ1) is 12.0. The normalized spacial score (nSPS) is 24.1. The number of nitrogens with zero attached hydrogens (tertiary/aromatic N) is 4. The summed E-state index contributed by atoms with van der Waals surface area (Å²) in [6.07, 6.45) is 5.04. The van der Waals surface area contributed by atoms with E-state index in [1.165, 1.54) is 25.7 Å². The van der Waals surface area contributed by atoms with Crippen LogP contribution in [0.2, 0.25) is 0 Å². The van der Waals surface area contributed by atoms with Crippen molar-refractivity contribution < 1.29 is 0 Å². The Kier molecular flexibility index (Phi) is 5.93. The van der Waals surface area contributed by atoms with Crippen LogP contribution in [0.4, 0.5) is 17.6 Å². The lowest BCUT2D eigenvalue weighted by molar-refractivity contribution is 0.441. The van der Waals surface area contributed by atoms with Gasteiger partial charge in [-0.15, -0.1) is 0 Å². The quantitative estimate of drug-likeness (QED) is 0.802. The zero-order chi connectivity index (χ0) is 17.8. The van der Waals surface area contributed by atoms with Crippen molar-refractivity contribution in [1.82, 2.24) is 15.3 Å². The van der Waals surface area contributed by atoms with Crippen LogP contribution in [0.25, 0.3) is 0 Å². The first-order valence-corrected chi connectivity index (χ1v) is 9.83. The van der Waals surface area contributed by atoms with Crippen molar-refractivity contribution in [2.45, 2.75) is 39.5 Å². The minimum absolute atomic E-state index is 0.544. The zero-order valence-electron chi connectivity index (χ0n) is 15.6. The van der Waals surface area contributed by atoms with Gasteiger partial charge in [0.1, 0.15) is 11.6 Å². The molecule has 0 aromatic carbocycles. The maximum atomic E-state index is 5.24. The third-order valence-corrected chi connectivity index (χ3v) is 5.42. The predicted octanol–water partition coefficient (Wildman–Crippen LogP) is 2.87. The molecule has 2 aliphatic rings. The minimum atomic E-state index is 0.544. The summed E-state index contributed by atoms with van der Waals surface area (Å²) in [6.45, 7) is 8.87. The van der Waals surface area contributed by atoms with E-state index < -0.39 is 0 Å². The first kappa shape index (κ1) is 18.2. The highest BCUT2D eigenvalue weighted by Gasteiger charge is 2.22. The zero-order valence-corrected chi connectivity index (χ0v) is 16.4. The SMILES string of the molecule is CNC(=S)Nc1nc(N2CCC[C@@H](C)C2)cc(N2CCC[C@@H](C)C2)n1. The van der Waals surface area contributed by atoms with E-state index in [0.717, 1.165) is 37.8 Å². The summed E-state index contributed by atoms with van der Waals surface area (Å²) < 4.78 is 0. The summed E-state index contributed by atoms with van der Waals surface area (Å²) in [7, 11) is 1.80. The molecule has 0 amide bonds. The summed E-state index contributed by atoms with van der Waals surface area (Å²) in [5, 5.41) is 6.60. The Morgan fingerprint density at radius 2 is 1.56 bits per heavy atom. The van der Waals surface area contributed by atoms with Crippen molar-refractivity contribution >= 4 is 34.9 Å². The monoisotopic (exact) mass is 362 g/mol. The molecule has 0 radical (unpaired) electrons. The van der Waals surface area contributed by atoms with E-state index in [4.69, 9.17) is 22.2 Å². The van der Waals surface area contributed by atoms with Gasteiger partial charge in [-0.05, 0) is 49.7 Å². The Hall–Kier alpha value is -1.63. The molecule has 25 heavy (non-hydrogen) atoms. The average Bonchev–Trinajstić information content (AvgIpc) is 2.61. The van der Waals surface area contributed by atoms with Gasteiger partial charge in [-0.2, -0.15) is 9.97 Å². The molecule has 0 bridgehead atoms. The largest absolute Gasteiger partial charge is 0.365 e. The molecule has 138 valence electrons. The van der Waals surface area contributed by atoms with E-state index >= 15 is 0 Å². The van der Waals surface area contributed by atoms with E-state index in [1.807, 2.05) is 0 Å². The van der Waals surface area contributed by atoms with Gasteiger partial charge in [-0.1, -0.05) is 13.8 Å². The number of nitrogens with one attached hydrogen (secondary N) is 2. The number of hydrogen-bond donors (Lipinski definition) is 2. The van der Waals surface area contributed by atoms with Crippen molar-refractivity contribution in [2.24, 2.45) is 11.8 Å². The molecule has 2 atom stereocenters. The van der Waals surface area contributed by atoms with Gasteiger partial charge in [0.2, 0.25) is 5.95 Å². The van der Waals surface area contributed by atoms with Gasteiger partial charge in [0, 0.05) is 39.3 Å². The van der Waals surface area contributed by atoms with E-state index in [2.05, 4.69) is 40.3 Å². The average molecular weight is 363 g/mol. The minimum Gasteiger partial charge on any atom is -0.365 e. The summed E-state index contributed by atoms with van der Waals surface area (Å²) in [5.41, 5.74) is 0. The second kappa shape index (κ2) is 8.17. The molecule has 1 aromatic heterocycles. The molecule has 3 rings (SSSR count). The van der Waals surface area contributed by atoms with Crippen LogP contribution >= 0.6 is 12.2 Å². The van der Waals surface area contributed by atoms with Crippen molar-refractivity contribution in [3.05, 3.63) is 6.07 Å². The summed E-state index contributed by atoms with van der Waals surface area (Å²) in [4.78, 5) is 14.3. The molecule has 0 unspecified atom stereocenters. The van der Waals surface area contributed by atoms with Gasteiger partial charge >= 0.3 is 0 Å². The smallest absolute Gasteiger partial charge is 0.232 e. The van der Waals surface area contributed by atoms with Crippen molar-refractivity contribution in [2.75, 3.05) is 48.3 Å². The highest BCUT2D eigenvalue weighted by atomic mass is 32.1. The Labute approximate surface area is 156 Å². The Bertz CT molecular complexity index is 567. The fourth-order valence-electron chi connectivity index (χ4n) is 3.76. The molecule has 2 N–H and O–H groups in total. The van der Waals surface area contributed by atoms with Gasteiger partial charge < -0.3 is 20.4 Å². The maximum Gasteiger partial charge on any atom is 0.232 e. The number of aromatic nitrogens is 2. The topological polar surface area (TPSA) is 56.3 Å². The third kappa shape index (κ3) is 4.71. The Balaban J connectivity index is 1.88. The van der Waals surface area contributed by atoms with Gasteiger partial charge in [-0.25, -0.2) is 0 Å².